The molecule has 4 heteroatoms. The number of hydrogen-bond acceptors (Lipinski definition) is 1. The van der Waals surface area contributed by atoms with Crippen LogP contribution in [0.1, 0.15) is 49.1 Å². The molecule has 0 aliphatic rings. The molecular weight excluding hydrogens is 239 g/mol. The smallest absolute Gasteiger partial charge is 0.316 e. The molecule has 1 aromatic rings. The van der Waals surface area contributed by atoms with E-state index in [-0.39, 0.29) is 5.56 Å². The van der Waals surface area contributed by atoms with Gasteiger partial charge in [0.15, 0.2) is 0 Å². The Hall–Kier alpha value is -1.03. The Morgan fingerprint density at radius 3 is 1.72 bits per heavy atom. The zero-order chi connectivity index (χ0) is 13.9. The van der Waals surface area contributed by atoms with E-state index in [2.05, 4.69) is 0 Å². The number of halogens is 3. The number of hydrogen-bond donors (Lipinski definition) is 1. The summed E-state index contributed by atoms with van der Waals surface area (Å²) in [6.45, 7) is 5.72. The number of nitrogens with two attached hydrogens (primary N) is 1. The van der Waals surface area contributed by atoms with E-state index in [1.165, 1.54) is 0 Å². The van der Waals surface area contributed by atoms with Gasteiger partial charge in [-0.2, -0.15) is 13.2 Å². The van der Waals surface area contributed by atoms with Crippen LogP contribution in [0.5, 0.6) is 0 Å². The van der Waals surface area contributed by atoms with Crippen molar-refractivity contribution in [2.24, 2.45) is 5.73 Å². The second-order valence-electron chi connectivity index (χ2n) is 4.41. The average molecular weight is 259 g/mol. The first-order valence-corrected chi connectivity index (χ1v) is 6.31. The van der Waals surface area contributed by atoms with Crippen LogP contribution in [0.25, 0.3) is 0 Å². The van der Waals surface area contributed by atoms with Crippen LogP contribution in [0.4, 0.5) is 13.2 Å². The third-order valence-electron chi connectivity index (χ3n) is 3.24. The first-order valence-electron chi connectivity index (χ1n) is 6.31. The van der Waals surface area contributed by atoms with E-state index in [9.17, 15) is 13.2 Å². The highest BCUT2D eigenvalue weighted by atomic mass is 19.4. The average Bonchev–Trinajstić information content (AvgIpc) is 2.34. The Morgan fingerprint density at radius 2 is 1.44 bits per heavy atom. The molecule has 0 aliphatic heterocycles. The maximum Gasteiger partial charge on any atom is 0.407 e. The first-order chi connectivity index (χ1) is 8.35. The van der Waals surface area contributed by atoms with Gasteiger partial charge in [-0.05, 0) is 41.5 Å². The zero-order valence-corrected chi connectivity index (χ0v) is 11.1. The third kappa shape index (κ3) is 3.05. The molecule has 2 N–H and O–H groups in total. The van der Waals surface area contributed by atoms with Crippen molar-refractivity contribution in [3.63, 3.8) is 0 Å². The lowest BCUT2D eigenvalue weighted by molar-refractivity contribution is -0.149. The van der Waals surface area contributed by atoms with Gasteiger partial charge in [-0.25, -0.2) is 0 Å². The van der Waals surface area contributed by atoms with Gasteiger partial charge in [0.05, 0.1) is 0 Å². The van der Waals surface area contributed by atoms with Crippen LogP contribution in [-0.2, 0) is 19.3 Å². The molecule has 0 amide bonds. The van der Waals surface area contributed by atoms with Gasteiger partial charge in [-0.3, -0.25) is 0 Å². The molecule has 0 saturated carbocycles. The number of aryl methyl sites for hydroxylation is 3. The predicted octanol–water partition coefficient (Wildman–Crippen LogP) is 3.94. The summed E-state index contributed by atoms with van der Waals surface area (Å²) in [4.78, 5) is 0. The van der Waals surface area contributed by atoms with E-state index in [1.807, 2.05) is 32.9 Å². The number of alkyl halides is 3. The Morgan fingerprint density at radius 1 is 1.00 bits per heavy atom. The van der Waals surface area contributed by atoms with E-state index in [4.69, 9.17) is 5.73 Å². The summed E-state index contributed by atoms with van der Waals surface area (Å²) >= 11 is 0. The lowest BCUT2D eigenvalue weighted by Gasteiger charge is -2.23. The predicted molar refractivity (Wildman–Crippen MR) is 67.6 cm³/mol. The van der Waals surface area contributed by atoms with Gasteiger partial charge in [0.2, 0.25) is 0 Å². The normalized spacial score (nSPS) is 13.7. The Balaban J connectivity index is 3.40. The Bertz CT molecular complexity index is 385. The molecule has 0 aromatic heterocycles. The minimum Gasteiger partial charge on any atom is -0.316 e. The molecular formula is C14H20F3N. The fraction of sp³-hybridized carbons (Fsp3) is 0.571. The minimum atomic E-state index is -4.39. The van der Waals surface area contributed by atoms with Crippen molar-refractivity contribution in [3.05, 3.63) is 34.4 Å². The molecule has 0 aliphatic carbocycles. The van der Waals surface area contributed by atoms with E-state index in [0.29, 0.717) is 12.8 Å². The van der Waals surface area contributed by atoms with Gasteiger partial charge in [-0.1, -0.05) is 32.9 Å². The van der Waals surface area contributed by atoms with Crippen LogP contribution < -0.4 is 5.73 Å². The van der Waals surface area contributed by atoms with E-state index in [0.717, 1.165) is 23.1 Å². The van der Waals surface area contributed by atoms with Gasteiger partial charge < -0.3 is 5.73 Å². The largest absolute Gasteiger partial charge is 0.407 e. The monoisotopic (exact) mass is 259 g/mol. The number of rotatable bonds is 4. The van der Waals surface area contributed by atoms with E-state index >= 15 is 0 Å². The molecule has 1 aromatic carbocycles. The highest BCUT2D eigenvalue weighted by Crippen LogP contribution is 2.35. The van der Waals surface area contributed by atoms with E-state index < -0.39 is 12.2 Å². The van der Waals surface area contributed by atoms with Crippen LogP contribution >= 0.6 is 0 Å². The molecule has 1 unspecified atom stereocenters. The van der Waals surface area contributed by atoms with Gasteiger partial charge in [0.25, 0.3) is 0 Å². The fourth-order valence-corrected chi connectivity index (χ4v) is 2.20. The van der Waals surface area contributed by atoms with Crippen LogP contribution in [0.2, 0.25) is 0 Å². The summed E-state index contributed by atoms with van der Waals surface area (Å²) in [7, 11) is 0. The van der Waals surface area contributed by atoms with Crippen molar-refractivity contribution in [1.82, 2.24) is 0 Å². The van der Waals surface area contributed by atoms with Crippen molar-refractivity contribution in [2.45, 2.75) is 52.3 Å². The Kier molecular flexibility index (Phi) is 4.79. The lowest BCUT2D eigenvalue weighted by atomic mass is 9.89. The van der Waals surface area contributed by atoms with Crippen LogP contribution in [0.15, 0.2) is 12.1 Å². The highest BCUT2D eigenvalue weighted by Gasteiger charge is 2.39. The molecule has 1 nitrogen and oxygen atoms in total. The minimum absolute atomic E-state index is 0.268. The summed E-state index contributed by atoms with van der Waals surface area (Å²) in [5.41, 5.74) is 8.17. The van der Waals surface area contributed by atoms with Crippen molar-refractivity contribution >= 4 is 0 Å². The molecule has 1 atom stereocenters. The first kappa shape index (κ1) is 15.0. The zero-order valence-electron chi connectivity index (χ0n) is 11.1. The molecule has 0 fully saturated rings. The summed E-state index contributed by atoms with van der Waals surface area (Å²) in [5.74, 6) is 0. The number of benzene rings is 1. The summed E-state index contributed by atoms with van der Waals surface area (Å²) in [6, 6.07) is 1.81. The SMILES string of the molecule is CCc1cc(CC)c(C(N)C(F)(F)F)c(CC)c1. The van der Waals surface area contributed by atoms with Gasteiger partial charge >= 0.3 is 6.18 Å². The van der Waals surface area contributed by atoms with Gasteiger partial charge in [-0.15, -0.1) is 0 Å². The molecule has 102 valence electrons. The maximum absolute atomic E-state index is 12.8. The summed E-state index contributed by atoms with van der Waals surface area (Å²) in [5, 5.41) is 0. The quantitative estimate of drug-likeness (QED) is 0.871. The molecule has 1 rings (SSSR count). The van der Waals surface area contributed by atoms with Crippen molar-refractivity contribution in [1.29, 1.82) is 0 Å². The van der Waals surface area contributed by atoms with Crippen LogP contribution in [-0.4, -0.2) is 6.18 Å². The Labute approximate surface area is 106 Å². The molecule has 0 bridgehead atoms. The topological polar surface area (TPSA) is 26.0 Å². The second-order valence-corrected chi connectivity index (χ2v) is 4.41. The van der Waals surface area contributed by atoms with Crippen molar-refractivity contribution in [3.8, 4) is 0 Å². The molecule has 0 saturated heterocycles. The fourth-order valence-electron chi connectivity index (χ4n) is 2.20. The lowest BCUT2D eigenvalue weighted by Crippen LogP contribution is -2.30. The van der Waals surface area contributed by atoms with Crippen molar-refractivity contribution < 1.29 is 13.2 Å². The highest BCUT2D eigenvalue weighted by molar-refractivity contribution is 5.42. The van der Waals surface area contributed by atoms with E-state index in [1.54, 1.807) is 0 Å². The summed E-state index contributed by atoms with van der Waals surface area (Å²) in [6.07, 6.45) is -2.43. The van der Waals surface area contributed by atoms with Gasteiger partial charge in [0.1, 0.15) is 6.04 Å². The summed E-state index contributed by atoms with van der Waals surface area (Å²) < 4.78 is 38.5. The van der Waals surface area contributed by atoms with Gasteiger partial charge in [0, 0.05) is 0 Å². The molecule has 0 heterocycles. The second kappa shape index (κ2) is 5.74. The van der Waals surface area contributed by atoms with Crippen LogP contribution in [0.3, 0.4) is 0 Å². The molecule has 0 spiro atoms. The molecule has 18 heavy (non-hydrogen) atoms. The van der Waals surface area contributed by atoms with Crippen LogP contribution in [0, 0.1) is 0 Å². The maximum atomic E-state index is 12.8. The third-order valence-corrected chi connectivity index (χ3v) is 3.24. The van der Waals surface area contributed by atoms with Crippen molar-refractivity contribution in [2.75, 3.05) is 0 Å². The molecule has 0 radical (unpaired) electrons. The standard InChI is InChI=1S/C14H20F3N/c1-4-9-7-10(5-2)12(11(6-3)8-9)13(18)14(15,16)17/h7-8,13H,4-6,18H2,1-3H3.